The van der Waals surface area contributed by atoms with Crippen LogP contribution >= 0.6 is 23.7 Å². The molecule has 2 N–H and O–H groups in total. The minimum atomic E-state index is -0.367. The van der Waals surface area contributed by atoms with E-state index in [-0.39, 0.29) is 36.0 Å². The van der Waals surface area contributed by atoms with Gasteiger partial charge in [-0.15, -0.1) is 28.8 Å². The molecular formula is C19H21ClFN5OS. The highest BCUT2D eigenvalue weighted by molar-refractivity contribution is 7.13. The van der Waals surface area contributed by atoms with Gasteiger partial charge in [0.25, 0.3) is 5.91 Å². The molecule has 4 rings (SSSR count). The standard InChI is InChI=1S/C19H20FN5OS.ClH/c1-12-7-8-21-11-15(12)22-19(26)17-23-18(16-6-3-9-27-16)25(24-17)14-5-2-4-13(20)10-14;/h2-6,9-10,12,15,21H,7-8,11H2,1H3,(H,22,26);1H. The fourth-order valence-corrected chi connectivity index (χ4v) is 3.88. The molecule has 1 aromatic carbocycles. The summed E-state index contributed by atoms with van der Waals surface area (Å²) in [5.41, 5.74) is 0.526. The second-order valence-electron chi connectivity index (χ2n) is 6.68. The topological polar surface area (TPSA) is 71.8 Å². The molecule has 2 aromatic heterocycles. The third kappa shape index (κ3) is 4.24. The van der Waals surface area contributed by atoms with Crippen molar-refractivity contribution in [3.63, 3.8) is 0 Å². The van der Waals surface area contributed by atoms with Gasteiger partial charge in [-0.1, -0.05) is 19.1 Å². The molecule has 0 aliphatic carbocycles. The smallest absolute Gasteiger partial charge is 0.291 e. The lowest BCUT2D eigenvalue weighted by molar-refractivity contribution is 0.0904. The summed E-state index contributed by atoms with van der Waals surface area (Å²) in [5, 5.41) is 12.6. The van der Waals surface area contributed by atoms with Crippen LogP contribution in [0.25, 0.3) is 16.4 Å². The molecule has 6 nitrogen and oxygen atoms in total. The van der Waals surface area contributed by atoms with Gasteiger partial charge in [-0.25, -0.2) is 14.1 Å². The predicted octanol–water partition coefficient (Wildman–Crippen LogP) is 3.28. The minimum absolute atomic E-state index is 0. The number of hydrogen-bond acceptors (Lipinski definition) is 5. The first kappa shape index (κ1) is 20.4. The Balaban J connectivity index is 0.00000225. The lowest BCUT2D eigenvalue weighted by Crippen LogP contribution is -2.50. The molecule has 1 fully saturated rings. The number of thiophene rings is 1. The molecule has 3 heterocycles. The van der Waals surface area contributed by atoms with Crippen molar-refractivity contribution in [1.82, 2.24) is 25.4 Å². The van der Waals surface area contributed by atoms with Crippen LogP contribution in [0.15, 0.2) is 41.8 Å². The summed E-state index contributed by atoms with van der Waals surface area (Å²) in [6, 6.07) is 9.94. The summed E-state index contributed by atoms with van der Waals surface area (Å²) >= 11 is 1.49. The zero-order chi connectivity index (χ0) is 18.8. The number of nitrogens with zero attached hydrogens (tertiary/aromatic N) is 3. The fraction of sp³-hybridized carbons (Fsp3) is 0.316. The van der Waals surface area contributed by atoms with E-state index in [0.29, 0.717) is 17.4 Å². The van der Waals surface area contributed by atoms with Gasteiger partial charge in [0.2, 0.25) is 5.82 Å². The normalized spacial score (nSPS) is 19.1. The molecule has 1 saturated heterocycles. The van der Waals surface area contributed by atoms with Crippen molar-refractivity contribution in [2.45, 2.75) is 19.4 Å². The van der Waals surface area contributed by atoms with E-state index in [0.717, 1.165) is 24.4 Å². The number of carbonyl (C=O) groups is 1. The number of aromatic nitrogens is 3. The largest absolute Gasteiger partial charge is 0.345 e. The third-order valence-electron chi connectivity index (χ3n) is 4.75. The first-order valence-corrected chi connectivity index (χ1v) is 9.78. The van der Waals surface area contributed by atoms with Gasteiger partial charge in [0.05, 0.1) is 10.6 Å². The second kappa shape index (κ2) is 8.81. The average Bonchev–Trinajstić information content (AvgIpc) is 3.33. The molecule has 2 unspecified atom stereocenters. The highest BCUT2D eigenvalue weighted by Crippen LogP contribution is 2.26. The molecule has 1 aliphatic heterocycles. The van der Waals surface area contributed by atoms with Gasteiger partial charge >= 0.3 is 0 Å². The van der Waals surface area contributed by atoms with E-state index in [9.17, 15) is 9.18 Å². The Kier molecular flexibility index (Phi) is 6.43. The second-order valence-corrected chi connectivity index (χ2v) is 7.63. The Morgan fingerprint density at radius 3 is 2.93 bits per heavy atom. The summed E-state index contributed by atoms with van der Waals surface area (Å²) < 4.78 is 15.2. The summed E-state index contributed by atoms with van der Waals surface area (Å²) in [6.45, 7) is 3.82. The van der Waals surface area contributed by atoms with Crippen molar-refractivity contribution in [2.24, 2.45) is 5.92 Å². The van der Waals surface area contributed by atoms with Crippen molar-refractivity contribution in [2.75, 3.05) is 13.1 Å². The number of piperidine rings is 1. The van der Waals surface area contributed by atoms with Gasteiger partial charge in [0, 0.05) is 12.6 Å². The van der Waals surface area contributed by atoms with Gasteiger partial charge in [-0.3, -0.25) is 4.79 Å². The molecule has 1 aliphatic rings. The van der Waals surface area contributed by atoms with Gasteiger partial charge in [-0.2, -0.15) is 0 Å². The zero-order valence-electron chi connectivity index (χ0n) is 15.3. The monoisotopic (exact) mass is 421 g/mol. The van der Waals surface area contributed by atoms with Crippen LogP contribution in [-0.4, -0.2) is 39.8 Å². The first-order chi connectivity index (χ1) is 13.1. The van der Waals surface area contributed by atoms with Crippen LogP contribution in [0, 0.1) is 11.7 Å². The van der Waals surface area contributed by atoms with Crippen molar-refractivity contribution in [3.05, 3.63) is 53.4 Å². The number of rotatable bonds is 4. The number of amides is 1. The molecule has 0 radical (unpaired) electrons. The highest BCUT2D eigenvalue weighted by atomic mass is 35.5. The molecule has 28 heavy (non-hydrogen) atoms. The van der Waals surface area contributed by atoms with Crippen LogP contribution in [0.3, 0.4) is 0 Å². The van der Waals surface area contributed by atoms with Crippen molar-refractivity contribution in [3.8, 4) is 16.4 Å². The fourth-order valence-electron chi connectivity index (χ4n) is 3.18. The van der Waals surface area contributed by atoms with E-state index in [4.69, 9.17) is 0 Å². The van der Waals surface area contributed by atoms with Crippen molar-refractivity contribution < 1.29 is 9.18 Å². The molecule has 9 heteroatoms. The minimum Gasteiger partial charge on any atom is -0.345 e. The quantitative estimate of drug-likeness (QED) is 0.678. The van der Waals surface area contributed by atoms with E-state index < -0.39 is 0 Å². The Bertz CT molecular complexity index is 946. The maximum atomic E-state index is 13.7. The number of halogens is 2. The zero-order valence-corrected chi connectivity index (χ0v) is 16.9. The predicted molar refractivity (Wildman–Crippen MR) is 110 cm³/mol. The number of hydrogen-bond donors (Lipinski definition) is 2. The van der Waals surface area contributed by atoms with E-state index in [1.807, 2.05) is 17.5 Å². The summed E-state index contributed by atoms with van der Waals surface area (Å²) in [6.07, 6.45) is 1.01. The Hall–Kier alpha value is -2.29. The maximum Gasteiger partial charge on any atom is 0.291 e. The van der Waals surface area contributed by atoms with Gasteiger partial charge < -0.3 is 10.6 Å². The Labute approximate surface area is 172 Å². The highest BCUT2D eigenvalue weighted by Gasteiger charge is 2.26. The summed E-state index contributed by atoms with van der Waals surface area (Å²) in [4.78, 5) is 18.1. The number of nitrogens with one attached hydrogen (secondary N) is 2. The summed E-state index contributed by atoms with van der Waals surface area (Å²) in [5.74, 6) is 0.310. The molecule has 0 spiro atoms. The Morgan fingerprint density at radius 2 is 2.21 bits per heavy atom. The Morgan fingerprint density at radius 1 is 1.36 bits per heavy atom. The van der Waals surface area contributed by atoms with Crippen molar-refractivity contribution >= 4 is 29.7 Å². The molecule has 0 saturated carbocycles. The first-order valence-electron chi connectivity index (χ1n) is 8.90. The van der Waals surface area contributed by atoms with Gasteiger partial charge in [0.1, 0.15) is 5.82 Å². The van der Waals surface area contributed by atoms with Crippen LogP contribution in [0.2, 0.25) is 0 Å². The van der Waals surface area contributed by atoms with Crippen LogP contribution < -0.4 is 10.6 Å². The molecular weight excluding hydrogens is 401 g/mol. The lowest BCUT2D eigenvalue weighted by Gasteiger charge is -2.29. The SMILES string of the molecule is CC1CCNCC1NC(=O)c1nc(-c2cccs2)n(-c2cccc(F)c2)n1.Cl. The molecule has 148 valence electrons. The van der Waals surface area contributed by atoms with Crippen LogP contribution in [0.1, 0.15) is 24.0 Å². The van der Waals surface area contributed by atoms with E-state index >= 15 is 0 Å². The van der Waals surface area contributed by atoms with Crippen molar-refractivity contribution in [1.29, 1.82) is 0 Å². The maximum absolute atomic E-state index is 13.7. The van der Waals surface area contributed by atoms with Crippen LogP contribution in [0.4, 0.5) is 4.39 Å². The van der Waals surface area contributed by atoms with Gasteiger partial charge in [0.15, 0.2) is 5.82 Å². The van der Waals surface area contributed by atoms with Crippen LogP contribution in [-0.2, 0) is 0 Å². The lowest BCUT2D eigenvalue weighted by atomic mass is 9.95. The van der Waals surface area contributed by atoms with Gasteiger partial charge in [-0.05, 0) is 48.5 Å². The third-order valence-corrected chi connectivity index (χ3v) is 5.61. The van der Waals surface area contributed by atoms with E-state index in [1.54, 1.807) is 12.1 Å². The molecule has 0 bridgehead atoms. The average molecular weight is 422 g/mol. The van der Waals surface area contributed by atoms with E-state index in [1.165, 1.54) is 28.2 Å². The van der Waals surface area contributed by atoms with E-state index in [2.05, 4.69) is 27.6 Å². The number of carbonyl (C=O) groups excluding carboxylic acids is 1. The molecule has 2 atom stereocenters. The summed E-state index contributed by atoms with van der Waals surface area (Å²) in [7, 11) is 0. The number of benzene rings is 1. The molecule has 3 aromatic rings. The molecule has 1 amide bonds. The van der Waals surface area contributed by atoms with Crippen LogP contribution in [0.5, 0.6) is 0 Å².